The zero-order valence-electron chi connectivity index (χ0n) is 20.6. The van der Waals surface area contributed by atoms with E-state index in [-0.39, 0.29) is 17.6 Å². The molecule has 4 aromatic rings. The number of thiophene rings is 1. The Bertz CT molecular complexity index is 1430. The Labute approximate surface area is 218 Å². The molecule has 1 N–H and O–H groups in total. The highest BCUT2D eigenvalue weighted by atomic mass is 32.2. The third kappa shape index (κ3) is 5.12. The fourth-order valence-corrected chi connectivity index (χ4v) is 6.41. The molecule has 0 saturated carbocycles. The van der Waals surface area contributed by atoms with Crippen molar-refractivity contribution >= 4 is 44.9 Å². The van der Waals surface area contributed by atoms with Crippen LogP contribution < -0.4 is 10.9 Å². The molecule has 8 heteroatoms. The van der Waals surface area contributed by atoms with Crippen LogP contribution in [0.15, 0.2) is 70.6 Å². The molecule has 0 fully saturated rings. The van der Waals surface area contributed by atoms with Crippen molar-refractivity contribution in [1.29, 1.82) is 0 Å². The number of ether oxygens (including phenoxy) is 1. The summed E-state index contributed by atoms with van der Waals surface area (Å²) in [6, 6.07) is 19.3. The van der Waals surface area contributed by atoms with Crippen molar-refractivity contribution in [2.75, 3.05) is 5.32 Å². The van der Waals surface area contributed by atoms with E-state index in [2.05, 4.69) is 19.2 Å². The molecular formula is C28H29N3O3S2. The van der Waals surface area contributed by atoms with Crippen LogP contribution in [0.5, 0.6) is 0 Å². The van der Waals surface area contributed by atoms with Crippen LogP contribution in [0.2, 0.25) is 0 Å². The molecule has 6 nitrogen and oxygen atoms in total. The van der Waals surface area contributed by atoms with E-state index < -0.39 is 5.25 Å². The summed E-state index contributed by atoms with van der Waals surface area (Å²) in [5.74, 6) is 0.233. The summed E-state index contributed by atoms with van der Waals surface area (Å²) in [6.07, 6.45) is 0.811. The molecule has 0 radical (unpaired) electrons. The van der Waals surface area contributed by atoms with Crippen molar-refractivity contribution in [3.63, 3.8) is 0 Å². The molecule has 0 aliphatic carbocycles. The Morgan fingerprint density at radius 1 is 1.14 bits per heavy atom. The minimum Gasteiger partial charge on any atom is -0.372 e. The Kier molecular flexibility index (Phi) is 7.27. The SMILES string of the molecule is CC(C)[C@@H]1Cc2c(sc3nc(S[C@@H](C)C(=O)Nc4ccccc4)n(Cc4ccccc4)c(=O)c23)CO1. The molecule has 3 heterocycles. The van der Waals surface area contributed by atoms with Crippen LogP contribution >= 0.6 is 23.1 Å². The van der Waals surface area contributed by atoms with Gasteiger partial charge in [0.1, 0.15) is 4.83 Å². The van der Waals surface area contributed by atoms with Gasteiger partial charge in [-0.2, -0.15) is 0 Å². The first-order chi connectivity index (χ1) is 17.4. The number of nitrogens with zero attached hydrogens (tertiary/aromatic N) is 2. The van der Waals surface area contributed by atoms with E-state index >= 15 is 0 Å². The number of benzene rings is 2. The van der Waals surface area contributed by atoms with Gasteiger partial charge in [-0.1, -0.05) is 74.1 Å². The van der Waals surface area contributed by atoms with Gasteiger partial charge in [-0.05, 0) is 36.1 Å². The van der Waals surface area contributed by atoms with E-state index in [0.717, 1.165) is 32.9 Å². The first-order valence-electron chi connectivity index (χ1n) is 12.1. The normalized spacial score (nSPS) is 16.2. The van der Waals surface area contributed by atoms with E-state index in [1.807, 2.05) is 67.6 Å². The molecule has 36 heavy (non-hydrogen) atoms. The van der Waals surface area contributed by atoms with Gasteiger partial charge < -0.3 is 10.1 Å². The van der Waals surface area contributed by atoms with Gasteiger partial charge in [0.25, 0.3) is 5.56 Å². The highest BCUT2D eigenvalue weighted by Gasteiger charge is 2.29. The minimum atomic E-state index is -0.445. The Morgan fingerprint density at radius 2 is 1.83 bits per heavy atom. The maximum atomic E-state index is 14.0. The third-order valence-corrected chi connectivity index (χ3v) is 8.60. The van der Waals surface area contributed by atoms with E-state index in [1.165, 1.54) is 23.1 Å². The standard InChI is InChI=1S/C28H29N3O3S2/c1-17(2)22-14-21-23(16-34-22)36-26-24(21)27(33)31(15-19-10-6-4-7-11-19)28(30-26)35-18(3)25(32)29-20-12-8-5-9-13-20/h4-13,17-18,22H,14-16H2,1-3H3,(H,29,32)/t18-,22-/m0/s1. The van der Waals surface area contributed by atoms with Crippen molar-refractivity contribution in [2.24, 2.45) is 5.92 Å². The van der Waals surface area contributed by atoms with Gasteiger partial charge in [-0.25, -0.2) is 4.98 Å². The summed E-state index contributed by atoms with van der Waals surface area (Å²) in [5.41, 5.74) is 2.77. The summed E-state index contributed by atoms with van der Waals surface area (Å²) in [7, 11) is 0. The van der Waals surface area contributed by atoms with E-state index in [0.29, 0.717) is 29.6 Å². The fraction of sp³-hybridized carbons (Fsp3) is 0.321. The Hall–Kier alpha value is -2.94. The maximum absolute atomic E-state index is 14.0. The van der Waals surface area contributed by atoms with E-state index in [9.17, 15) is 9.59 Å². The summed E-state index contributed by atoms with van der Waals surface area (Å²) < 4.78 is 7.78. The third-order valence-electron chi connectivity index (χ3n) is 6.41. The molecule has 1 aliphatic rings. The van der Waals surface area contributed by atoms with Crippen molar-refractivity contribution in [2.45, 2.75) is 56.9 Å². The first-order valence-corrected chi connectivity index (χ1v) is 13.8. The maximum Gasteiger partial charge on any atom is 0.263 e. The van der Waals surface area contributed by atoms with Gasteiger partial charge in [0, 0.05) is 17.0 Å². The molecule has 0 bridgehead atoms. The van der Waals surface area contributed by atoms with Gasteiger partial charge >= 0.3 is 0 Å². The number of para-hydroxylation sites is 1. The molecule has 0 unspecified atom stereocenters. The predicted molar refractivity (Wildman–Crippen MR) is 147 cm³/mol. The molecule has 1 aliphatic heterocycles. The van der Waals surface area contributed by atoms with Crippen LogP contribution in [0.3, 0.4) is 0 Å². The summed E-state index contributed by atoms with van der Waals surface area (Å²) in [6.45, 7) is 7.04. The molecular weight excluding hydrogens is 490 g/mol. The summed E-state index contributed by atoms with van der Waals surface area (Å²) in [4.78, 5) is 33.7. The van der Waals surface area contributed by atoms with Crippen LogP contribution in [-0.4, -0.2) is 26.8 Å². The number of carbonyl (C=O) groups excluding carboxylic acids is 1. The molecule has 5 rings (SSSR count). The zero-order chi connectivity index (χ0) is 25.2. The van der Waals surface area contributed by atoms with Crippen LogP contribution in [0.4, 0.5) is 5.69 Å². The lowest BCUT2D eigenvalue weighted by Crippen LogP contribution is -2.29. The van der Waals surface area contributed by atoms with Crippen molar-refractivity contribution in [3.8, 4) is 0 Å². The number of anilines is 1. The molecule has 0 spiro atoms. The molecule has 1 amide bonds. The molecule has 2 aromatic heterocycles. The van der Waals surface area contributed by atoms with E-state index in [4.69, 9.17) is 9.72 Å². The number of thioether (sulfide) groups is 1. The van der Waals surface area contributed by atoms with Crippen molar-refractivity contribution in [1.82, 2.24) is 9.55 Å². The number of hydrogen-bond donors (Lipinski definition) is 1. The largest absolute Gasteiger partial charge is 0.372 e. The Morgan fingerprint density at radius 3 is 2.53 bits per heavy atom. The fourth-order valence-electron chi connectivity index (χ4n) is 4.34. The summed E-state index contributed by atoms with van der Waals surface area (Å²) in [5, 5.41) is 3.75. The lowest BCUT2D eigenvalue weighted by molar-refractivity contribution is -0.115. The van der Waals surface area contributed by atoms with Crippen LogP contribution in [0, 0.1) is 5.92 Å². The van der Waals surface area contributed by atoms with Crippen molar-refractivity contribution < 1.29 is 9.53 Å². The second-order valence-electron chi connectivity index (χ2n) is 9.37. The second kappa shape index (κ2) is 10.6. The number of carbonyl (C=O) groups is 1. The zero-order valence-corrected chi connectivity index (χ0v) is 22.2. The smallest absolute Gasteiger partial charge is 0.263 e. The molecule has 2 aromatic carbocycles. The Balaban J connectivity index is 1.53. The lowest BCUT2D eigenvalue weighted by atomic mass is 9.96. The van der Waals surface area contributed by atoms with Crippen molar-refractivity contribution in [3.05, 3.63) is 87.0 Å². The predicted octanol–water partition coefficient (Wildman–Crippen LogP) is 5.72. The quantitative estimate of drug-likeness (QED) is 0.250. The number of amides is 1. The summed E-state index contributed by atoms with van der Waals surface area (Å²) >= 11 is 2.84. The lowest BCUT2D eigenvalue weighted by Gasteiger charge is -2.26. The number of fused-ring (bicyclic) bond motifs is 3. The molecule has 186 valence electrons. The number of nitrogens with one attached hydrogen (secondary N) is 1. The first kappa shape index (κ1) is 24.7. The van der Waals surface area contributed by atoms with Gasteiger partial charge in [-0.15, -0.1) is 11.3 Å². The average molecular weight is 520 g/mol. The van der Waals surface area contributed by atoms with Gasteiger partial charge in [-0.3, -0.25) is 14.2 Å². The van der Waals surface area contributed by atoms with Gasteiger partial charge in [0.2, 0.25) is 5.91 Å². The highest BCUT2D eigenvalue weighted by molar-refractivity contribution is 8.00. The molecule has 2 atom stereocenters. The average Bonchev–Trinajstić information content (AvgIpc) is 3.25. The second-order valence-corrected chi connectivity index (χ2v) is 11.8. The van der Waals surface area contributed by atoms with Gasteiger partial charge in [0.05, 0.1) is 29.9 Å². The number of rotatable bonds is 7. The molecule has 0 saturated heterocycles. The minimum absolute atomic E-state index is 0.0519. The topological polar surface area (TPSA) is 73.2 Å². The van der Waals surface area contributed by atoms with Crippen LogP contribution in [0.1, 0.15) is 36.8 Å². The van der Waals surface area contributed by atoms with E-state index in [1.54, 1.807) is 4.57 Å². The number of aromatic nitrogens is 2. The van der Waals surface area contributed by atoms with Crippen LogP contribution in [-0.2, 0) is 29.1 Å². The monoisotopic (exact) mass is 519 g/mol. The van der Waals surface area contributed by atoms with Gasteiger partial charge in [0.15, 0.2) is 5.16 Å². The number of hydrogen-bond acceptors (Lipinski definition) is 6. The van der Waals surface area contributed by atoms with Crippen LogP contribution in [0.25, 0.3) is 10.2 Å². The highest BCUT2D eigenvalue weighted by Crippen LogP contribution is 2.36.